The van der Waals surface area contributed by atoms with E-state index in [4.69, 9.17) is 4.99 Å². The van der Waals surface area contributed by atoms with Gasteiger partial charge in [-0.2, -0.15) is 11.8 Å². The minimum absolute atomic E-state index is 0.527. The van der Waals surface area contributed by atoms with Gasteiger partial charge in [0.1, 0.15) is 0 Å². The van der Waals surface area contributed by atoms with Crippen molar-refractivity contribution in [3.63, 3.8) is 0 Å². The lowest BCUT2D eigenvalue weighted by atomic mass is 10.2. The lowest BCUT2D eigenvalue weighted by Crippen LogP contribution is -2.51. The third-order valence-electron chi connectivity index (χ3n) is 5.21. The fraction of sp³-hybridized carbons (Fsp3) is 0.944. The smallest absolute Gasteiger partial charge is 0.194 e. The van der Waals surface area contributed by atoms with Crippen LogP contribution in [0, 0.1) is 0 Å². The van der Waals surface area contributed by atoms with E-state index >= 15 is 0 Å². The van der Waals surface area contributed by atoms with E-state index in [2.05, 4.69) is 59.5 Å². The second-order valence-electron chi connectivity index (χ2n) is 6.86. The highest BCUT2D eigenvalue weighted by molar-refractivity contribution is 8.00. The highest BCUT2D eigenvalue weighted by Crippen LogP contribution is 2.21. The predicted octanol–water partition coefficient (Wildman–Crippen LogP) is 1.81. The van der Waals surface area contributed by atoms with Crippen molar-refractivity contribution < 1.29 is 0 Å². The minimum atomic E-state index is 0.527. The number of rotatable bonds is 6. The van der Waals surface area contributed by atoms with E-state index in [-0.39, 0.29) is 0 Å². The lowest BCUT2D eigenvalue weighted by molar-refractivity contribution is 0.109. The topological polar surface area (TPSA) is 34.1 Å². The van der Waals surface area contributed by atoms with Crippen LogP contribution in [0.15, 0.2) is 4.99 Å². The maximum absolute atomic E-state index is 4.99. The molecule has 5 nitrogen and oxygen atoms in total. The van der Waals surface area contributed by atoms with Gasteiger partial charge in [0.2, 0.25) is 0 Å². The first-order chi connectivity index (χ1) is 11.7. The van der Waals surface area contributed by atoms with E-state index in [0.717, 1.165) is 37.4 Å². The van der Waals surface area contributed by atoms with Crippen LogP contribution in [0.2, 0.25) is 0 Å². The van der Waals surface area contributed by atoms with Crippen molar-refractivity contribution in [3.05, 3.63) is 0 Å². The summed E-state index contributed by atoms with van der Waals surface area (Å²) in [7, 11) is 0. The molecule has 140 valence electrons. The Bertz CT molecular complexity index is 382. The lowest BCUT2D eigenvalue weighted by Gasteiger charge is -2.37. The zero-order valence-corrected chi connectivity index (χ0v) is 16.9. The summed E-state index contributed by atoms with van der Waals surface area (Å²) in [4.78, 5) is 12.6. The molecule has 0 amide bonds. The Hall–Kier alpha value is -0.460. The van der Waals surface area contributed by atoms with Crippen LogP contribution in [0.5, 0.6) is 0 Å². The molecule has 2 fully saturated rings. The van der Waals surface area contributed by atoms with Gasteiger partial charge in [0.15, 0.2) is 5.96 Å². The normalized spacial score (nSPS) is 25.8. The monoisotopic (exact) mass is 355 g/mol. The van der Waals surface area contributed by atoms with Gasteiger partial charge in [-0.15, -0.1) is 0 Å². The largest absolute Gasteiger partial charge is 0.357 e. The fourth-order valence-corrected chi connectivity index (χ4v) is 4.62. The molecule has 2 saturated heterocycles. The van der Waals surface area contributed by atoms with Gasteiger partial charge in [-0.3, -0.25) is 9.89 Å². The van der Waals surface area contributed by atoms with Crippen molar-refractivity contribution in [1.29, 1.82) is 0 Å². The molecule has 0 radical (unpaired) electrons. The number of likely N-dealkylation sites (N-methyl/N-ethyl adjacent to an activating group) is 1. The molecule has 0 spiro atoms. The zero-order valence-electron chi connectivity index (χ0n) is 16.1. The van der Waals surface area contributed by atoms with Gasteiger partial charge in [0.05, 0.1) is 6.54 Å². The second-order valence-corrected chi connectivity index (χ2v) is 8.27. The van der Waals surface area contributed by atoms with Crippen molar-refractivity contribution in [2.75, 3.05) is 64.7 Å². The Balaban J connectivity index is 1.88. The van der Waals surface area contributed by atoms with Crippen LogP contribution in [0.1, 0.15) is 34.1 Å². The number of thioether (sulfide) groups is 1. The number of aliphatic imine (C=N–C) groups is 1. The summed E-state index contributed by atoms with van der Waals surface area (Å²) in [5.74, 6) is 2.34. The Morgan fingerprint density at radius 3 is 2.54 bits per heavy atom. The van der Waals surface area contributed by atoms with Crippen molar-refractivity contribution in [2.24, 2.45) is 4.99 Å². The SMILES string of the molecule is CCNC(=NCC(C)N1CCN(CC)CC1)N1CCSC(CC)C1. The Labute approximate surface area is 153 Å². The highest BCUT2D eigenvalue weighted by Gasteiger charge is 2.23. The molecule has 2 unspecified atom stereocenters. The number of nitrogens with one attached hydrogen (secondary N) is 1. The molecule has 2 rings (SSSR count). The molecule has 0 aromatic carbocycles. The Kier molecular flexibility index (Phi) is 8.70. The molecule has 0 aromatic rings. The van der Waals surface area contributed by atoms with E-state index in [0.29, 0.717) is 6.04 Å². The first-order valence-electron chi connectivity index (χ1n) is 9.79. The minimum Gasteiger partial charge on any atom is -0.357 e. The van der Waals surface area contributed by atoms with Gasteiger partial charge in [-0.25, -0.2) is 0 Å². The van der Waals surface area contributed by atoms with Gasteiger partial charge in [0, 0.05) is 62.9 Å². The second kappa shape index (κ2) is 10.5. The first kappa shape index (κ1) is 19.9. The van der Waals surface area contributed by atoms with Crippen LogP contribution in [0.4, 0.5) is 0 Å². The van der Waals surface area contributed by atoms with E-state index in [1.54, 1.807) is 0 Å². The zero-order chi connectivity index (χ0) is 17.4. The number of nitrogens with zero attached hydrogens (tertiary/aromatic N) is 4. The third-order valence-corrected chi connectivity index (χ3v) is 6.58. The molecule has 6 heteroatoms. The summed E-state index contributed by atoms with van der Waals surface area (Å²) in [5.41, 5.74) is 0. The average molecular weight is 356 g/mol. The maximum atomic E-state index is 4.99. The number of hydrogen-bond donors (Lipinski definition) is 1. The number of guanidine groups is 1. The Morgan fingerprint density at radius 1 is 1.17 bits per heavy atom. The molecule has 0 saturated carbocycles. The average Bonchev–Trinajstić information content (AvgIpc) is 2.65. The van der Waals surface area contributed by atoms with Crippen LogP contribution < -0.4 is 5.32 Å². The summed E-state index contributed by atoms with van der Waals surface area (Å²) in [6.45, 7) is 19.1. The van der Waals surface area contributed by atoms with Crippen LogP contribution in [-0.2, 0) is 0 Å². The van der Waals surface area contributed by atoms with Gasteiger partial charge in [-0.1, -0.05) is 13.8 Å². The molecular formula is C18H37N5S. The molecule has 0 aromatic heterocycles. The summed E-state index contributed by atoms with van der Waals surface area (Å²) < 4.78 is 0. The van der Waals surface area contributed by atoms with E-state index in [1.165, 1.54) is 44.9 Å². The molecule has 2 aliphatic heterocycles. The molecule has 0 bridgehead atoms. The summed E-state index contributed by atoms with van der Waals surface area (Å²) in [6, 6.07) is 0.527. The molecule has 0 aliphatic carbocycles. The van der Waals surface area contributed by atoms with E-state index < -0.39 is 0 Å². The van der Waals surface area contributed by atoms with Crippen LogP contribution in [0.3, 0.4) is 0 Å². The molecular weight excluding hydrogens is 318 g/mol. The van der Waals surface area contributed by atoms with Crippen LogP contribution in [-0.4, -0.2) is 96.6 Å². The summed E-state index contributed by atoms with van der Waals surface area (Å²) >= 11 is 2.11. The molecule has 1 N–H and O–H groups in total. The van der Waals surface area contributed by atoms with Crippen molar-refractivity contribution >= 4 is 17.7 Å². The molecule has 2 aliphatic rings. The van der Waals surface area contributed by atoms with Gasteiger partial charge in [0.25, 0.3) is 0 Å². The standard InChI is InChI=1S/C18H37N5S/c1-5-17-15-23(12-13-24-17)18(19-6-2)20-14-16(4)22-10-8-21(7-3)9-11-22/h16-17H,5-15H2,1-4H3,(H,19,20). The first-order valence-corrected chi connectivity index (χ1v) is 10.8. The van der Waals surface area contributed by atoms with E-state index in [1.807, 2.05) is 0 Å². The quantitative estimate of drug-likeness (QED) is 0.580. The predicted molar refractivity (Wildman–Crippen MR) is 107 cm³/mol. The molecule has 2 atom stereocenters. The van der Waals surface area contributed by atoms with Crippen molar-refractivity contribution in [1.82, 2.24) is 20.0 Å². The molecule has 2 heterocycles. The van der Waals surface area contributed by atoms with Gasteiger partial charge in [-0.05, 0) is 26.8 Å². The number of hydrogen-bond acceptors (Lipinski definition) is 4. The third kappa shape index (κ3) is 5.81. The highest BCUT2D eigenvalue weighted by atomic mass is 32.2. The fourth-order valence-electron chi connectivity index (χ4n) is 3.44. The van der Waals surface area contributed by atoms with Gasteiger partial charge < -0.3 is 15.1 Å². The summed E-state index contributed by atoms with van der Waals surface area (Å²) in [5, 5.41) is 4.26. The van der Waals surface area contributed by atoms with Crippen LogP contribution >= 0.6 is 11.8 Å². The summed E-state index contributed by atoms with van der Waals surface area (Å²) in [6.07, 6.45) is 1.25. The van der Waals surface area contributed by atoms with Gasteiger partial charge >= 0.3 is 0 Å². The molecule has 24 heavy (non-hydrogen) atoms. The maximum Gasteiger partial charge on any atom is 0.194 e. The van der Waals surface area contributed by atoms with Crippen LogP contribution in [0.25, 0.3) is 0 Å². The van der Waals surface area contributed by atoms with Crippen molar-refractivity contribution in [3.8, 4) is 0 Å². The van der Waals surface area contributed by atoms with E-state index in [9.17, 15) is 0 Å². The van der Waals surface area contributed by atoms with Crippen molar-refractivity contribution in [2.45, 2.75) is 45.4 Å². The number of piperazine rings is 1. The Morgan fingerprint density at radius 2 is 1.92 bits per heavy atom.